The number of hydrogen-bond acceptors (Lipinski definition) is 1. The van der Waals surface area contributed by atoms with E-state index in [9.17, 15) is 0 Å². The van der Waals surface area contributed by atoms with Crippen molar-refractivity contribution in [2.45, 2.75) is 53.5 Å². The summed E-state index contributed by atoms with van der Waals surface area (Å²) in [5.74, 6) is 1.55. The molecule has 0 aliphatic carbocycles. The van der Waals surface area contributed by atoms with Crippen molar-refractivity contribution in [1.82, 2.24) is 5.32 Å². The Morgan fingerprint density at radius 2 is 1.50 bits per heavy atom. The lowest BCUT2D eigenvalue weighted by atomic mass is 9.95. The van der Waals surface area contributed by atoms with E-state index >= 15 is 0 Å². The van der Waals surface area contributed by atoms with Gasteiger partial charge in [-0.05, 0) is 31.6 Å². The molecule has 0 unspecified atom stereocenters. The molecule has 0 spiro atoms. The predicted molar refractivity (Wildman–Crippen MR) is 65.5 cm³/mol. The summed E-state index contributed by atoms with van der Waals surface area (Å²) < 4.78 is 0. The first-order valence-corrected chi connectivity index (χ1v) is 5.79. The summed E-state index contributed by atoms with van der Waals surface area (Å²) in [6.07, 6.45) is 2.54. The van der Waals surface area contributed by atoms with Gasteiger partial charge in [-0.2, -0.15) is 0 Å². The molecule has 0 fully saturated rings. The average Bonchev–Trinajstić information content (AvgIpc) is 1.97. The molecule has 0 aliphatic rings. The molecule has 14 heavy (non-hydrogen) atoms. The molecule has 0 aliphatic heterocycles. The van der Waals surface area contributed by atoms with Crippen LogP contribution in [0.5, 0.6) is 0 Å². The summed E-state index contributed by atoms with van der Waals surface area (Å²) in [4.78, 5) is 0. The Balaban J connectivity index is 3.90. The van der Waals surface area contributed by atoms with Gasteiger partial charge < -0.3 is 5.32 Å². The van der Waals surface area contributed by atoms with Crippen LogP contribution in [0, 0.1) is 11.8 Å². The molecule has 0 radical (unpaired) electrons. The Kier molecular flexibility index (Phi) is 6.90. The third-order valence-electron chi connectivity index (χ3n) is 2.20. The van der Waals surface area contributed by atoms with Gasteiger partial charge in [-0.1, -0.05) is 39.8 Å². The molecular formula is C13H27N. The average molecular weight is 197 g/mol. The van der Waals surface area contributed by atoms with Crippen LogP contribution in [-0.4, -0.2) is 12.6 Å². The van der Waals surface area contributed by atoms with Crippen molar-refractivity contribution in [3.63, 3.8) is 0 Å². The van der Waals surface area contributed by atoms with Crippen LogP contribution < -0.4 is 5.32 Å². The topological polar surface area (TPSA) is 12.0 Å². The number of nitrogens with one attached hydrogen (secondary N) is 1. The van der Waals surface area contributed by atoms with Crippen LogP contribution in [0.2, 0.25) is 0 Å². The molecule has 0 atom stereocenters. The molecule has 0 aromatic heterocycles. The number of hydrogen-bond donors (Lipinski definition) is 1. The van der Waals surface area contributed by atoms with E-state index in [0.717, 1.165) is 18.4 Å². The zero-order chi connectivity index (χ0) is 11.1. The van der Waals surface area contributed by atoms with Crippen LogP contribution in [0.4, 0.5) is 0 Å². The first-order valence-electron chi connectivity index (χ1n) is 5.79. The second-order valence-electron chi connectivity index (χ2n) is 5.29. The fraction of sp³-hybridized carbons (Fsp3) is 0.846. The van der Waals surface area contributed by atoms with Crippen LogP contribution in [0.15, 0.2) is 12.2 Å². The summed E-state index contributed by atoms with van der Waals surface area (Å²) in [6.45, 7) is 16.1. The van der Waals surface area contributed by atoms with Gasteiger partial charge in [0, 0.05) is 12.6 Å². The monoisotopic (exact) mass is 197 g/mol. The zero-order valence-corrected chi connectivity index (χ0v) is 10.6. The SMILES string of the molecule is C=C(C)CNC(CC(C)C)CC(C)C. The van der Waals surface area contributed by atoms with Crippen molar-refractivity contribution in [2.75, 3.05) is 6.54 Å². The zero-order valence-electron chi connectivity index (χ0n) is 10.6. The van der Waals surface area contributed by atoms with E-state index in [1.807, 2.05) is 0 Å². The molecule has 0 heterocycles. The molecule has 0 saturated heterocycles. The van der Waals surface area contributed by atoms with Crippen molar-refractivity contribution in [2.24, 2.45) is 11.8 Å². The largest absolute Gasteiger partial charge is 0.310 e. The van der Waals surface area contributed by atoms with E-state index in [1.54, 1.807) is 0 Å². The summed E-state index contributed by atoms with van der Waals surface area (Å²) in [5.41, 5.74) is 1.22. The van der Waals surface area contributed by atoms with E-state index in [2.05, 4.69) is 46.5 Å². The Hall–Kier alpha value is -0.300. The lowest BCUT2D eigenvalue weighted by Crippen LogP contribution is -2.32. The van der Waals surface area contributed by atoms with Gasteiger partial charge in [-0.3, -0.25) is 0 Å². The molecular weight excluding hydrogens is 170 g/mol. The maximum atomic E-state index is 3.92. The second-order valence-corrected chi connectivity index (χ2v) is 5.29. The van der Waals surface area contributed by atoms with Gasteiger partial charge in [0.05, 0.1) is 0 Å². The maximum Gasteiger partial charge on any atom is 0.0161 e. The van der Waals surface area contributed by atoms with Crippen LogP contribution >= 0.6 is 0 Å². The quantitative estimate of drug-likeness (QED) is 0.615. The summed E-state index contributed by atoms with van der Waals surface area (Å²) >= 11 is 0. The Labute approximate surface area is 90.0 Å². The first kappa shape index (κ1) is 13.7. The highest BCUT2D eigenvalue weighted by Crippen LogP contribution is 2.13. The predicted octanol–water partition coefficient (Wildman–Crippen LogP) is 3.61. The van der Waals surface area contributed by atoms with E-state index in [0.29, 0.717) is 6.04 Å². The van der Waals surface area contributed by atoms with Crippen molar-refractivity contribution >= 4 is 0 Å². The van der Waals surface area contributed by atoms with E-state index in [4.69, 9.17) is 0 Å². The van der Waals surface area contributed by atoms with Gasteiger partial charge in [0.2, 0.25) is 0 Å². The fourth-order valence-corrected chi connectivity index (χ4v) is 1.72. The van der Waals surface area contributed by atoms with Crippen LogP contribution in [0.3, 0.4) is 0 Å². The lowest BCUT2D eigenvalue weighted by Gasteiger charge is -2.22. The normalized spacial score (nSPS) is 11.7. The van der Waals surface area contributed by atoms with Crippen LogP contribution in [-0.2, 0) is 0 Å². The Morgan fingerprint density at radius 1 is 1.07 bits per heavy atom. The minimum atomic E-state index is 0.659. The Bertz CT molecular complexity index is 149. The number of rotatable bonds is 7. The fourth-order valence-electron chi connectivity index (χ4n) is 1.72. The summed E-state index contributed by atoms with van der Waals surface area (Å²) in [5, 5.41) is 3.58. The van der Waals surface area contributed by atoms with Crippen molar-refractivity contribution in [3.8, 4) is 0 Å². The molecule has 0 rings (SSSR count). The lowest BCUT2D eigenvalue weighted by molar-refractivity contribution is 0.368. The van der Waals surface area contributed by atoms with E-state index < -0.39 is 0 Å². The van der Waals surface area contributed by atoms with Gasteiger partial charge in [-0.15, -0.1) is 0 Å². The third-order valence-corrected chi connectivity index (χ3v) is 2.20. The molecule has 0 amide bonds. The molecule has 0 aromatic carbocycles. The standard InChI is InChI=1S/C13H27N/c1-10(2)7-13(8-11(3)4)14-9-12(5)6/h10-11,13-14H,5,7-9H2,1-4,6H3. The molecule has 0 bridgehead atoms. The highest BCUT2D eigenvalue weighted by atomic mass is 14.9. The van der Waals surface area contributed by atoms with Gasteiger partial charge in [-0.25, -0.2) is 0 Å². The van der Waals surface area contributed by atoms with Gasteiger partial charge in [0.1, 0.15) is 0 Å². The molecule has 0 aromatic rings. The van der Waals surface area contributed by atoms with Gasteiger partial charge in [0.25, 0.3) is 0 Å². The smallest absolute Gasteiger partial charge is 0.0161 e. The van der Waals surface area contributed by atoms with E-state index in [1.165, 1.54) is 18.4 Å². The van der Waals surface area contributed by atoms with Gasteiger partial charge in [0.15, 0.2) is 0 Å². The van der Waals surface area contributed by atoms with Crippen molar-refractivity contribution in [3.05, 3.63) is 12.2 Å². The first-order chi connectivity index (χ1) is 6.41. The second kappa shape index (κ2) is 7.05. The third kappa shape index (κ3) is 8.31. The molecule has 0 saturated carbocycles. The molecule has 1 N–H and O–H groups in total. The minimum absolute atomic E-state index is 0.659. The highest BCUT2D eigenvalue weighted by molar-refractivity contribution is 4.91. The molecule has 1 heteroatoms. The molecule has 1 nitrogen and oxygen atoms in total. The van der Waals surface area contributed by atoms with Gasteiger partial charge >= 0.3 is 0 Å². The Morgan fingerprint density at radius 3 is 1.79 bits per heavy atom. The van der Waals surface area contributed by atoms with Crippen LogP contribution in [0.1, 0.15) is 47.5 Å². The van der Waals surface area contributed by atoms with E-state index in [-0.39, 0.29) is 0 Å². The summed E-state index contributed by atoms with van der Waals surface area (Å²) in [7, 11) is 0. The molecule has 84 valence electrons. The highest BCUT2D eigenvalue weighted by Gasteiger charge is 2.11. The van der Waals surface area contributed by atoms with Crippen molar-refractivity contribution < 1.29 is 0 Å². The maximum absolute atomic E-state index is 3.92. The van der Waals surface area contributed by atoms with Crippen molar-refractivity contribution in [1.29, 1.82) is 0 Å². The van der Waals surface area contributed by atoms with Crippen LogP contribution in [0.25, 0.3) is 0 Å². The minimum Gasteiger partial charge on any atom is -0.310 e. The summed E-state index contributed by atoms with van der Waals surface area (Å²) in [6, 6.07) is 0.659.